The second-order valence-corrected chi connectivity index (χ2v) is 5.58. The number of rotatable bonds is 5. The van der Waals surface area contributed by atoms with Gasteiger partial charge < -0.3 is 16.0 Å². The summed E-state index contributed by atoms with van der Waals surface area (Å²) in [5, 5.41) is 2.86. The number of benzene rings is 1. The van der Waals surface area contributed by atoms with Gasteiger partial charge in [0.05, 0.1) is 0 Å². The molecular weight excluding hydrogens is 266 g/mol. The van der Waals surface area contributed by atoms with Crippen molar-refractivity contribution >= 4 is 11.8 Å². The third-order valence-electron chi connectivity index (χ3n) is 3.85. The van der Waals surface area contributed by atoms with Crippen LogP contribution in [0.2, 0.25) is 0 Å². The van der Waals surface area contributed by atoms with Crippen molar-refractivity contribution in [2.45, 2.75) is 38.3 Å². The predicted octanol–water partition coefficient (Wildman–Crippen LogP) is 1.20. The fourth-order valence-electron chi connectivity index (χ4n) is 2.70. The Kier molecular flexibility index (Phi) is 5.33. The number of nitrogens with two attached hydrogens (primary N) is 1. The summed E-state index contributed by atoms with van der Waals surface area (Å²) in [6.07, 6.45) is 1.92. The molecule has 5 nitrogen and oxygen atoms in total. The lowest BCUT2D eigenvalue weighted by Crippen LogP contribution is -2.37. The summed E-state index contributed by atoms with van der Waals surface area (Å²) in [7, 11) is 0. The highest BCUT2D eigenvalue weighted by Gasteiger charge is 2.26. The topological polar surface area (TPSA) is 75.4 Å². The van der Waals surface area contributed by atoms with E-state index < -0.39 is 0 Å². The van der Waals surface area contributed by atoms with E-state index in [1.807, 2.05) is 35.2 Å². The second kappa shape index (κ2) is 7.22. The van der Waals surface area contributed by atoms with Gasteiger partial charge in [-0.2, -0.15) is 0 Å². The van der Waals surface area contributed by atoms with Gasteiger partial charge in [-0.05, 0) is 18.4 Å². The molecule has 0 radical (unpaired) electrons. The smallest absolute Gasteiger partial charge is 0.222 e. The minimum atomic E-state index is -0.108. The first-order valence-electron chi connectivity index (χ1n) is 7.41. The Morgan fingerprint density at radius 3 is 2.76 bits per heavy atom. The summed E-state index contributed by atoms with van der Waals surface area (Å²) >= 11 is 0. The summed E-state index contributed by atoms with van der Waals surface area (Å²) < 4.78 is 0. The molecule has 1 heterocycles. The fourth-order valence-corrected chi connectivity index (χ4v) is 2.70. The van der Waals surface area contributed by atoms with E-state index in [1.165, 1.54) is 6.92 Å². The van der Waals surface area contributed by atoms with E-state index in [2.05, 4.69) is 5.32 Å². The summed E-state index contributed by atoms with van der Waals surface area (Å²) in [5.74, 6) is 0.0784. The molecule has 21 heavy (non-hydrogen) atoms. The highest BCUT2D eigenvalue weighted by Crippen LogP contribution is 2.17. The summed E-state index contributed by atoms with van der Waals surface area (Å²) in [5.41, 5.74) is 7.17. The van der Waals surface area contributed by atoms with Crippen LogP contribution in [0.1, 0.15) is 37.8 Å². The van der Waals surface area contributed by atoms with E-state index in [9.17, 15) is 9.59 Å². The van der Waals surface area contributed by atoms with Crippen LogP contribution in [0.15, 0.2) is 30.3 Å². The number of likely N-dealkylation sites (tertiary alicyclic amines) is 1. The molecule has 1 fully saturated rings. The Bertz CT molecular complexity index is 490. The van der Waals surface area contributed by atoms with E-state index in [0.717, 1.165) is 12.0 Å². The number of nitrogens with zero attached hydrogens (tertiary/aromatic N) is 1. The molecule has 0 aromatic heterocycles. The highest BCUT2D eigenvalue weighted by atomic mass is 16.2. The molecule has 5 heteroatoms. The Morgan fingerprint density at radius 1 is 1.38 bits per heavy atom. The zero-order chi connectivity index (χ0) is 15.2. The Labute approximate surface area is 125 Å². The van der Waals surface area contributed by atoms with Crippen molar-refractivity contribution in [1.82, 2.24) is 10.2 Å². The quantitative estimate of drug-likeness (QED) is 0.855. The molecule has 1 aliphatic rings. The van der Waals surface area contributed by atoms with E-state index >= 15 is 0 Å². The van der Waals surface area contributed by atoms with Gasteiger partial charge in [0.15, 0.2) is 0 Å². The van der Waals surface area contributed by atoms with Crippen molar-refractivity contribution in [3.63, 3.8) is 0 Å². The Balaban J connectivity index is 1.76. The van der Waals surface area contributed by atoms with Gasteiger partial charge in [-0.3, -0.25) is 9.59 Å². The molecule has 114 valence electrons. The van der Waals surface area contributed by atoms with Crippen LogP contribution in [0, 0.1) is 0 Å². The van der Waals surface area contributed by atoms with E-state index in [1.54, 1.807) is 0 Å². The Hall–Kier alpha value is -1.88. The van der Waals surface area contributed by atoms with Crippen LogP contribution in [0.4, 0.5) is 0 Å². The van der Waals surface area contributed by atoms with Crippen LogP contribution in [0.25, 0.3) is 0 Å². The van der Waals surface area contributed by atoms with Crippen LogP contribution >= 0.6 is 0 Å². The van der Waals surface area contributed by atoms with Crippen molar-refractivity contribution in [1.29, 1.82) is 0 Å². The lowest BCUT2D eigenvalue weighted by Gasteiger charge is -2.18. The van der Waals surface area contributed by atoms with Crippen molar-refractivity contribution in [2.24, 2.45) is 5.73 Å². The number of nitrogens with one attached hydrogen (secondary N) is 1. The summed E-state index contributed by atoms with van der Waals surface area (Å²) in [6, 6.07) is 9.81. The first-order valence-corrected chi connectivity index (χ1v) is 7.41. The molecule has 2 atom stereocenters. The molecular formula is C16H23N3O2. The first-order chi connectivity index (χ1) is 10.1. The maximum absolute atomic E-state index is 12.2. The minimum Gasteiger partial charge on any atom is -0.352 e. The van der Waals surface area contributed by atoms with Gasteiger partial charge in [0, 0.05) is 38.5 Å². The fraction of sp³-hybridized carbons (Fsp3) is 0.500. The third kappa shape index (κ3) is 4.56. The maximum Gasteiger partial charge on any atom is 0.222 e. The van der Waals surface area contributed by atoms with Gasteiger partial charge in [-0.1, -0.05) is 30.3 Å². The molecule has 0 saturated carbocycles. The lowest BCUT2D eigenvalue weighted by atomic mass is 10.0. The maximum atomic E-state index is 12.2. The molecule has 1 aliphatic heterocycles. The highest BCUT2D eigenvalue weighted by molar-refractivity contribution is 5.77. The van der Waals surface area contributed by atoms with Crippen LogP contribution in [-0.2, 0) is 9.59 Å². The molecule has 0 bridgehead atoms. The molecule has 1 saturated heterocycles. The number of carbonyl (C=O) groups is 2. The normalized spacial score (nSPS) is 19.3. The number of hydrogen-bond donors (Lipinski definition) is 2. The third-order valence-corrected chi connectivity index (χ3v) is 3.85. The van der Waals surface area contributed by atoms with E-state index in [-0.39, 0.29) is 23.9 Å². The van der Waals surface area contributed by atoms with Crippen molar-refractivity contribution in [2.75, 3.05) is 13.1 Å². The number of amides is 2. The van der Waals surface area contributed by atoms with Gasteiger partial charge in [0.25, 0.3) is 0 Å². The monoisotopic (exact) mass is 289 g/mol. The van der Waals surface area contributed by atoms with Crippen LogP contribution < -0.4 is 11.1 Å². The summed E-state index contributed by atoms with van der Waals surface area (Å²) in [4.78, 5) is 25.0. The Morgan fingerprint density at radius 2 is 2.10 bits per heavy atom. The molecule has 0 aliphatic carbocycles. The van der Waals surface area contributed by atoms with Crippen LogP contribution in [-0.4, -0.2) is 35.8 Å². The first kappa shape index (κ1) is 15.5. The van der Waals surface area contributed by atoms with Gasteiger partial charge in [0.2, 0.25) is 11.8 Å². The SMILES string of the molecule is CC(=O)NC1CCN(C(=O)CCC(N)c2ccccc2)C1. The standard InChI is InChI=1S/C16H23N3O2/c1-12(20)18-14-9-10-19(11-14)16(21)8-7-15(17)13-5-3-2-4-6-13/h2-6,14-15H,7-11,17H2,1H3,(H,18,20). The van der Waals surface area contributed by atoms with E-state index in [4.69, 9.17) is 5.73 Å². The molecule has 2 amide bonds. The van der Waals surface area contributed by atoms with Crippen LogP contribution in [0.5, 0.6) is 0 Å². The molecule has 2 unspecified atom stereocenters. The molecule has 1 aromatic rings. The largest absolute Gasteiger partial charge is 0.352 e. The van der Waals surface area contributed by atoms with Crippen molar-refractivity contribution in [3.05, 3.63) is 35.9 Å². The average Bonchev–Trinajstić information content (AvgIpc) is 2.93. The zero-order valence-electron chi connectivity index (χ0n) is 12.4. The van der Waals surface area contributed by atoms with Gasteiger partial charge >= 0.3 is 0 Å². The van der Waals surface area contributed by atoms with Gasteiger partial charge in [-0.25, -0.2) is 0 Å². The molecule has 2 rings (SSSR count). The molecule has 1 aromatic carbocycles. The number of carbonyl (C=O) groups excluding carboxylic acids is 2. The minimum absolute atomic E-state index is 0.0413. The second-order valence-electron chi connectivity index (χ2n) is 5.58. The van der Waals surface area contributed by atoms with Gasteiger partial charge in [-0.15, -0.1) is 0 Å². The lowest BCUT2D eigenvalue weighted by molar-refractivity contribution is -0.130. The predicted molar refractivity (Wildman–Crippen MR) is 81.4 cm³/mol. The average molecular weight is 289 g/mol. The molecule has 0 spiro atoms. The van der Waals surface area contributed by atoms with E-state index in [0.29, 0.717) is 25.9 Å². The summed E-state index contributed by atoms with van der Waals surface area (Å²) in [6.45, 7) is 2.83. The van der Waals surface area contributed by atoms with Gasteiger partial charge in [0.1, 0.15) is 0 Å². The van der Waals surface area contributed by atoms with Crippen molar-refractivity contribution < 1.29 is 9.59 Å². The number of hydrogen-bond acceptors (Lipinski definition) is 3. The molecule has 3 N–H and O–H groups in total. The van der Waals surface area contributed by atoms with Crippen LogP contribution in [0.3, 0.4) is 0 Å². The van der Waals surface area contributed by atoms with Crippen molar-refractivity contribution in [3.8, 4) is 0 Å². The zero-order valence-corrected chi connectivity index (χ0v) is 12.4.